The lowest BCUT2D eigenvalue weighted by Crippen LogP contribution is -2.27. The van der Waals surface area contributed by atoms with Crippen LogP contribution in [0.4, 0.5) is 4.39 Å². The zero-order valence-electron chi connectivity index (χ0n) is 12.9. The summed E-state index contributed by atoms with van der Waals surface area (Å²) in [6.45, 7) is 8.05. The summed E-state index contributed by atoms with van der Waals surface area (Å²) in [6.07, 6.45) is 2.27. The number of nitrogens with zero attached hydrogens (tertiary/aromatic N) is 1. The number of rotatable bonds is 6. The van der Waals surface area contributed by atoms with Crippen LogP contribution in [0.2, 0.25) is 0 Å². The fourth-order valence-corrected chi connectivity index (χ4v) is 3.13. The molecule has 112 valence electrons. The molecule has 1 fully saturated rings. The van der Waals surface area contributed by atoms with E-state index in [1.165, 1.54) is 19.5 Å². The van der Waals surface area contributed by atoms with Crippen LogP contribution in [-0.2, 0) is 0 Å². The third-order valence-corrected chi connectivity index (χ3v) is 4.61. The van der Waals surface area contributed by atoms with E-state index in [2.05, 4.69) is 24.1 Å². The molecule has 2 nitrogen and oxygen atoms in total. The highest BCUT2D eigenvalue weighted by molar-refractivity contribution is 5.21. The highest BCUT2D eigenvalue weighted by Crippen LogP contribution is 2.25. The largest absolute Gasteiger partial charge is 0.313 e. The van der Waals surface area contributed by atoms with Gasteiger partial charge < -0.3 is 10.2 Å². The van der Waals surface area contributed by atoms with Crippen molar-refractivity contribution in [3.05, 3.63) is 35.6 Å². The minimum atomic E-state index is -0.103. The first-order valence-electron chi connectivity index (χ1n) is 7.76. The molecular weight excluding hydrogens is 251 g/mol. The molecule has 0 aliphatic carbocycles. The van der Waals surface area contributed by atoms with Gasteiger partial charge in [0.25, 0.3) is 0 Å². The fourth-order valence-electron chi connectivity index (χ4n) is 3.13. The normalized spacial score (nSPS) is 21.6. The van der Waals surface area contributed by atoms with Gasteiger partial charge in [-0.1, -0.05) is 32.0 Å². The van der Waals surface area contributed by atoms with Crippen molar-refractivity contribution < 1.29 is 4.39 Å². The molecule has 0 bridgehead atoms. The highest BCUT2D eigenvalue weighted by Gasteiger charge is 2.25. The van der Waals surface area contributed by atoms with Crippen molar-refractivity contribution in [1.82, 2.24) is 10.2 Å². The lowest BCUT2D eigenvalue weighted by molar-refractivity contribution is 0.286. The van der Waals surface area contributed by atoms with Crippen LogP contribution in [0.15, 0.2) is 24.3 Å². The quantitative estimate of drug-likeness (QED) is 0.857. The molecule has 1 N–H and O–H groups in total. The molecule has 0 saturated carbocycles. The van der Waals surface area contributed by atoms with E-state index in [0.717, 1.165) is 30.4 Å². The van der Waals surface area contributed by atoms with Gasteiger partial charge >= 0.3 is 0 Å². The third-order valence-electron chi connectivity index (χ3n) is 4.61. The van der Waals surface area contributed by atoms with E-state index in [1.807, 2.05) is 19.2 Å². The SMILES string of the molecule is CNC(CCN1CCC(C(C)C)C1)c1ccccc1F. The topological polar surface area (TPSA) is 15.3 Å². The molecule has 1 heterocycles. The van der Waals surface area contributed by atoms with E-state index in [9.17, 15) is 4.39 Å². The minimum absolute atomic E-state index is 0.103. The van der Waals surface area contributed by atoms with E-state index in [-0.39, 0.29) is 11.9 Å². The Balaban J connectivity index is 1.88. The Morgan fingerprint density at radius 2 is 2.10 bits per heavy atom. The minimum Gasteiger partial charge on any atom is -0.313 e. The summed E-state index contributed by atoms with van der Waals surface area (Å²) >= 11 is 0. The molecule has 20 heavy (non-hydrogen) atoms. The summed E-state index contributed by atoms with van der Waals surface area (Å²) in [4.78, 5) is 2.52. The Labute approximate surface area is 122 Å². The second-order valence-corrected chi connectivity index (χ2v) is 6.24. The first kappa shape index (κ1) is 15.5. The lowest BCUT2D eigenvalue weighted by atomic mass is 9.95. The molecule has 0 aromatic heterocycles. The summed E-state index contributed by atoms with van der Waals surface area (Å²) in [6, 6.07) is 7.20. The van der Waals surface area contributed by atoms with Crippen LogP contribution in [-0.4, -0.2) is 31.6 Å². The van der Waals surface area contributed by atoms with Gasteiger partial charge in [0.1, 0.15) is 5.82 Å². The van der Waals surface area contributed by atoms with Gasteiger partial charge in [0.2, 0.25) is 0 Å². The van der Waals surface area contributed by atoms with E-state index < -0.39 is 0 Å². The predicted molar refractivity (Wildman–Crippen MR) is 82.2 cm³/mol. The van der Waals surface area contributed by atoms with Gasteiger partial charge in [0, 0.05) is 18.2 Å². The van der Waals surface area contributed by atoms with Gasteiger partial charge in [-0.15, -0.1) is 0 Å². The number of benzene rings is 1. The molecule has 1 aliphatic rings. The average Bonchev–Trinajstić information content (AvgIpc) is 2.90. The van der Waals surface area contributed by atoms with Crippen LogP contribution in [0.3, 0.4) is 0 Å². The molecule has 2 unspecified atom stereocenters. The van der Waals surface area contributed by atoms with Gasteiger partial charge in [0.15, 0.2) is 0 Å². The van der Waals surface area contributed by atoms with E-state index in [1.54, 1.807) is 12.1 Å². The molecule has 1 saturated heterocycles. The summed E-state index contributed by atoms with van der Waals surface area (Å²) < 4.78 is 13.8. The van der Waals surface area contributed by atoms with Crippen LogP contribution in [0.1, 0.15) is 38.3 Å². The van der Waals surface area contributed by atoms with Crippen molar-refractivity contribution in [2.24, 2.45) is 11.8 Å². The second-order valence-electron chi connectivity index (χ2n) is 6.24. The maximum Gasteiger partial charge on any atom is 0.127 e. The van der Waals surface area contributed by atoms with Gasteiger partial charge in [-0.05, 0) is 50.9 Å². The summed E-state index contributed by atoms with van der Waals surface area (Å²) in [5, 5.41) is 3.25. The standard InChI is InChI=1S/C17H27FN2/c1-13(2)14-8-10-20(12-14)11-9-17(19-3)15-6-4-5-7-16(15)18/h4-7,13-14,17,19H,8-12H2,1-3H3. The van der Waals surface area contributed by atoms with Crippen molar-refractivity contribution in [2.45, 2.75) is 32.7 Å². The molecule has 2 rings (SSSR count). The maximum absolute atomic E-state index is 13.8. The monoisotopic (exact) mass is 278 g/mol. The Hall–Kier alpha value is -0.930. The van der Waals surface area contributed by atoms with Crippen LogP contribution in [0.5, 0.6) is 0 Å². The molecule has 2 atom stereocenters. The number of hydrogen-bond acceptors (Lipinski definition) is 2. The summed E-state index contributed by atoms with van der Waals surface area (Å²) in [5.74, 6) is 1.50. The number of nitrogens with one attached hydrogen (secondary N) is 1. The molecule has 3 heteroatoms. The van der Waals surface area contributed by atoms with E-state index >= 15 is 0 Å². The second kappa shape index (κ2) is 7.19. The highest BCUT2D eigenvalue weighted by atomic mass is 19.1. The van der Waals surface area contributed by atoms with Gasteiger partial charge in [-0.25, -0.2) is 4.39 Å². The molecular formula is C17H27FN2. The molecule has 1 aromatic rings. The third kappa shape index (κ3) is 3.80. The van der Waals surface area contributed by atoms with Crippen molar-refractivity contribution in [1.29, 1.82) is 0 Å². The molecule has 0 amide bonds. The van der Waals surface area contributed by atoms with Crippen molar-refractivity contribution >= 4 is 0 Å². The van der Waals surface area contributed by atoms with Crippen LogP contribution in [0, 0.1) is 17.7 Å². The van der Waals surface area contributed by atoms with E-state index in [0.29, 0.717) is 0 Å². The average molecular weight is 278 g/mol. The summed E-state index contributed by atoms with van der Waals surface area (Å²) in [7, 11) is 1.91. The van der Waals surface area contributed by atoms with Crippen LogP contribution < -0.4 is 5.32 Å². The Morgan fingerprint density at radius 3 is 2.70 bits per heavy atom. The maximum atomic E-state index is 13.8. The van der Waals surface area contributed by atoms with Crippen molar-refractivity contribution in [3.8, 4) is 0 Å². The molecule has 0 radical (unpaired) electrons. The smallest absolute Gasteiger partial charge is 0.127 e. The van der Waals surface area contributed by atoms with Gasteiger partial charge in [-0.3, -0.25) is 0 Å². The number of likely N-dealkylation sites (tertiary alicyclic amines) is 1. The van der Waals surface area contributed by atoms with Crippen LogP contribution >= 0.6 is 0 Å². The van der Waals surface area contributed by atoms with Gasteiger partial charge in [0.05, 0.1) is 0 Å². The Kier molecular flexibility index (Phi) is 5.55. The summed E-state index contributed by atoms with van der Waals surface area (Å²) in [5.41, 5.74) is 0.787. The van der Waals surface area contributed by atoms with E-state index in [4.69, 9.17) is 0 Å². The molecule has 1 aliphatic heterocycles. The van der Waals surface area contributed by atoms with Crippen molar-refractivity contribution in [2.75, 3.05) is 26.7 Å². The zero-order valence-corrected chi connectivity index (χ0v) is 12.9. The molecule has 0 spiro atoms. The Morgan fingerprint density at radius 1 is 1.35 bits per heavy atom. The zero-order chi connectivity index (χ0) is 14.5. The van der Waals surface area contributed by atoms with Crippen molar-refractivity contribution in [3.63, 3.8) is 0 Å². The Bertz CT molecular complexity index is 419. The van der Waals surface area contributed by atoms with Crippen LogP contribution in [0.25, 0.3) is 0 Å². The number of hydrogen-bond donors (Lipinski definition) is 1. The van der Waals surface area contributed by atoms with Gasteiger partial charge in [-0.2, -0.15) is 0 Å². The molecule has 1 aromatic carbocycles. The first-order chi connectivity index (χ1) is 9.61. The fraction of sp³-hybridized carbons (Fsp3) is 0.647. The number of halogens is 1. The predicted octanol–water partition coefficient (Wildman–Crippen LogP) is 3.45. The first-order valence-corrected chi connectivity index (χ1v) is 7.76. The lowest BCUT2D eigenvalue weighted by Gasteiger charge is -2.22.